The first-order valence-corrected chi connectivity index (χ1v) is 10.7. The monoisotopic (exact) mass is 424 g/mol. The molecule has 0 bridgehead atoms. The van der Waals surface area contributed by atoms with Crippen LogP contribution in [0.4, 0.5) is 11.5 Å². The van der Waals surface area contributed by atoms with E-state index < -0.39 is 0 Å². The molecule has 1 saturated heterocycles. The van der Waals surface area contributed by atoms with Gasteiger partial charge in [0.25, 0.3) is 5.56 Å². The third-order valence-electron chi connectivity index (χ3n) is 5.53. The van der Waals surface area contributed by atoms with Crippen LogP contribution in [0.1, 0.15) is 13.3 Å². The summed E-state index contributed by atoms with van der Waals surface area (Å²) >= 11 is 0. The molecule has 2 aromatic heterocycles. The highest BCUT2D eigenvalue weighted by Gasteiger charge is 2.30. The number of aromatic amines is 1. The number of pyridine rings is 2. The summed E-state index contributed by atoms with van der Waals surface area (Å²) in [6.45, 7) is 4.77. The van der Waals surface area contributed by atoms with Gasteiger partial charge >= 0.3 is 0 Å². The topological polar surface area (TPSA) is 84.6 Å². The van der Waals surface area contributed by atoms with Gasteiger partial charge in [0, 0.05) is 63.3 Å². The van der Waals surface area contributed by atoms with Crippen molar-refractivity contribution in [3.63, 3.8) is 0 Å². The van der Waals surface area contributed by atoms with Crippen LogP contribution in [-0.2, 0) is 4.79 Å². The van der Waals surface area contributed by atoms with E-state index >= 15 is 0 Å². The maximum atomic E-state index is 12.7. The molecule has 8 heteroatoms. The summed E-state index contributed by atoms with van der Waals surface area (Å²) in [5, 5.41) is 3.04. The van der Waals surface area contributed by atoms with E-state index in [2.05, 4.69) is 20.2 Å². The molecule has 0 radical (unpaired) electrons. The summed E-state index contributed by atoms with van der Waals surface area (Å²) in [6.07, 6.45) is 7.84. The molecule has 31 heavy (non-hydrogen) atoms. The summed E-state index contributed by atoms with van der Waals surface area (Å²) < 4.78 is 0. The van der Waals surface area contributed by atoms with E-state index in [9.17, 15) is 9.59 Å². The lowest BCUT2D eigenvalue weighted by molar-refractivity contribution is -0.125. The van der Waals surface area contributed by atoms with Crippen molar-refractivity contribution in [2.75, 3.05) is 57.5 Å². The summed E-state index contributed by atoms with van der Waals surface area (Å²) in [4.78, 5) is 38.3. The van der Waals surface area contributed by atoms with Crippen molar-refractivity contribution in [3.8, 4) is 11.1 Å². The maximum absolute atomic E-state index is 12.7. The molecular weight excluding hydrogens is 392 g/mol. The smallest absolute Gasteiger partial charge is 0.271 e. The van der Waals surface area contributed by atoms with Gasteiger partial charge in [0.15, 0.2) is 0 Å². The molecule has 0 aliphatic carbocycles. The number of amides is 1. The molecule has 0 saturated carbocycles. The molecule has 166 valence electrons. The summed E-state index contributed by atoms with van der Waals surface area (Å²) in [5.74, 6) is 0.796. The Balaban J connectivity index is 1.79. The highest BCUT2D eigenvalue weighted by Crippen LogP contribution is 2.26. The second-order valence-electron chi connectivity index (χ2n) is 7.96. The maximum Gasteiger partial charge on any atom is 0.271 e. The number of carbonyl (C=O) groups excluding carboxylic acids is 1. The Bertz CT molecular complexity index is 984. The lowest BCUT2D eigenvalue weighted by atomic mass is 10.1. The molecule has 3 heterocycles. The fraction of sp³-hybridized carbons (Fsp3) is 0.435. The first-order chi connectivity index (χ1) is 14.9. The van der Waals surface area contributed by atoms with Crippen LogP contribution in [0.2, 0.25) is 0 Å². The van der Waals surface area contributed by atoms with Crippen molar-refractivity contribution >= 4 is 17.4 Å². The molecule has 8 nitrogen and oxygen atoms in total. The van der Waals surface area contributed by atoms with Gasteiger partial charge < -0.3 is 25.0 Å². The second kappa shape index (κ2) is 10.3. The van der Waals surface area contributed by atoms with E-state index in [0.717, 1.165) is 29.9 Å². The molecular formula is C23H32N6O2. The summed E-state index contributed by atoms with van der Waals surface area (Å²) in [7, 11) is 5.76. The normalized spacial score (nSPS) is 16.3. The molecule has 1 aliphatic heterocycles. The Hall–Kier alpha value is -3.13. The van der Waals surface area contributed by atoms with Gasteiger partial charge in [-0.05, 0) is 51.2 Å². The zero-order valence-corrected chi connectivity index (χ0v) is 18.8. The Morgan fingerprint density at radius 3 is 2.87 bits per heavy atom. The Morgan fingerprint density at radius 2 is 2.16 bits per heavy atom. The first kappa shape index (κ1) is 22.6. The molecule has 1 aliphatic rings. The van der Waals surface area contributed by atoms with Crippen molar-refractivity contribution in [3.05, 3.63) is 53.1 Å². The number of H-pyrrole nitrogens is 1. The van der Waals surface area contributed by atoms with E-state index in [-0.39, 0.29) is 17.5 Å². The number of nitrogens with one attached hydrogen (secondary N) is 2. The predicted octanol–water partition coefficient (Wildman–Crippen LogP) is 2.02. The average Bonchev–Trinajstić information content (AvgIpc) is 3.25. The largest absolute Gasteiger partial charge is 0.373 e. The first-order valence-electron chi connectivity index (χ1n) is 10.7. The van der Waals surface area contributed by atoms with E-state index in [0.29, 0.717) is 25.3 Å². The molecule has 2 N–H and O–H groups in total. The van der Waals surface area contributed by atoms with Crippen LogP contribution in [0, 0.1) is 0 Å². The number of carbonyl (C=O) groups is 1. The molecule has 2 aromatic rings. The van der Waals surface area contributed by atoms with E-state index in [4.69, 9.17) is 0 Å². The van der Waals surface area contributed by atoms with Crippen LogP contribution in [-0.4, -0.2) is 79.0 Å². The number of aromatic nitrogens is 2. The van der Waals surface area contributed by atoms with Crippen LogP contribution in [0.25, 0.3) is 11.1 Å². The number of anilines is 2. The average molecular weight is 425 g/mol. The lowest BCUT2D eigenvalue weighted by Gasteiger charge is -2.29. The molecule has 0 aromatic carbocycles. The van der Waals surface area contributed by atoms with Crippen LogP contribution < -0.4 is 15.8 Å². The number of rotatable bonds is 8. The van der Waals surface area contributed by atoms with Gasteiger partial charge in [-0.1, -0.05) is 6.08 Å². The fourth-order valence-corrected chi connectivity index (χ4v) is 3.89. The Labute approximate surface area is 183 Å². The lowest BCUT2D eigenvalue weighted by Crippen LogP contribution is -2.41. The highest BCUT2D eigenvalue weighted by atomic mass is 16.2. The number of hydrogen-bond donors (Lipinski definition) is 2. The highest BCUT2D eigenvalue weighted by molar-refractivity contribution is 5.88. The zero-order chi connectivity index (χ0) is 22.4. The van der Waals surface area contributed by atoms with Crippen LogP contribution in [0.5, 0.6) is 0 Å². The molecule has 0 unspecified atom stereocenters. The van der Waals surface area contributed by atoms with Gasteiger partial charge in [0.1, 0.15) is 11.5 Å². The predicted molar refractivity (Wildman–Crippen MR) is 126 cm³/mol. The number of likely N-dealkylation sites (N-methyl/N-ethyl adjacent to an activating group) is 2. The quantitative estimate of drug-likeness (QED) is 0.631. The molecule has 1 atom stereocenters. The minimum atomic E-state index is -0.121. The number of likely N-dealkylation sites (tertiary alicyclic amines) is 1. The van der Waals surface area contributed by atoms with E-state index in [1.165, 1.54) is 0 Å². The van der Waals surface area contributed by atoms with E-state index in [1.54, 1.807) is 18.5 Å². The SMILES string of the molecule is CCN(c1cc(-c2ccnc(NC)c2)c[nH]c1=O)[C@@H]1CCN(C(=O)C=CCN(C)C)C1. The minimum absolute atomic E-state index is 0.0273. The van der Waals surface area contributed by atoms with Gasteiger partial charge in [-0.3, -0.25) is 9.59 Å². The van der Waals surface area contributed by atoms with Crippen molar-refractivity contribution in [2.45, 2.75) is 19.4 Å². The van der Waals surface area contributed by atoms with Crippen LogP contribution >= 0.6 is 0 Å². The summed E-state index contributed by atoms with van der Waals surface area (Å²) in [5.41, 5.74) is 2.40. The van der Waals surface area contributed by atoms with Gasteiger partial charge in [-0.2, -0.15) is 0 Å². The van der Waals surface area contributed by atoms with Gasteiger partial charge in [-0.15, -0.1) is 0 Å². The van der Waals surface area contributed by atoms with Gasteiger partial charge in [-0.25, -0.2) is 4.98 Å². The van der Waals surface area contributed by atoms with Crippen molar-refractivity contribution < 1.29 is 4.79 Å². The van der Waals surface area contributed by atoms with Crippen molar-refractivity contribution in [2.24, 2.45) is 0 Å². The standard InChI is InChI=1S/C23H32N6O2/c1-5-29(19-9-12-28(16-19)22(30)7-6-11-27(3)4)20-13-18(15-26-23(20)31)17-8-10-25-21(14-17)24-2/h6-8,10,13-15,19H,5,9,11-12,16H2,1-4H3,(H,24,25)(H,26,31)/t19-/m1/s1. The fourth-order valence-electron chi connectivity index (χ4n) is 3.89. The second-order valence-corrected chi connectivity index (χ2v) is 7.96. The van der Waals surface area contributed by atoms with E-state index in [1.807, 2.05) is 62.1 Å². The molecule has 1 fully saturated rings. The zero-order valence-electron chi connectivity index (χ0n) is 18.8. The van der Waals surface area contributed by atoms with Crippen molar-refractivity contribution in [1.82, 2.24) is 19.8 Å². The number of hydrogen-bond acceptors (Lipinski definition) is 6. The Kier molecular flexibility index (Phi) is 7.46. The molecule has 0 spiro atoms. The van der Waals surface area contributed by atoms with Crippen molar-refractivity contribution in [1.29, 1.82) is 0 Å². The van der Waals surface area contributed by atoms with Crippen LogP contribution in [0.15, 0.2) is 47.5 Å². The number of nitrogens with zero attached hydrogens (tertiary/aromatic N) is 4. The third-order valence-corrected chi connectivity index (χ3v) is 5.53. The minimum Gasteiger partial charge on any atom is -0.373 e. The van der Waals surface area contributed by atoms with Crippen LogP contribution in [0.3, 0.4) is 0 Å². The molecule has 1 amide bonds. The summed E-state index contributed by atoms with van der Waals surface area (Å²) in [6, 6.07) is 5.91. The molecule has 3 rings (SSSR count). The Morgan fingerprint density at radius 1 is 1.35 bits per heavy atom. The van der Waals surface area contributed by atoms with Gasteiger partial charge in [0.05, 0.1) is 0 Å². The third kappa shape index (κ3) is 5.52. The van der Waals surface area contributed by atoms with Gasteiger partial charge in [0.2, 0.25) is 5.91 Å².